The third kappa shape index (κ3) is 6.89. The summed E-state index contributed by atoms with van der Waals surface area (Å²) in [4.78, 5) is 0.0325. The molecule has 0 amide bonds. The summed E-state index contributed by atoms with van der Waals surface area (Å²) in [5, 5.41) is 1.62. The van der Waals surface area contributed by atoms with Crippen LogP contribution >= 0.6 is 0 Å². The fraction of sp³-hybridized carbons (Fsp3) is 0.583. The van der Waals surface area contributed by atoms with E-state index in [0.29, 0.717) is 5.39 Å². The van der Waals surface area contributed by atoms with Gasteiger partial charge in [0.15, 0.2) is 0 Å². The first-order chi connectivity index (χ1) is 13.5. The van der Waals surface area contributed by atoms with Crippen LogP contribution in [0.3, 0.4) is 0 Å². The smallest absolute Gasteiger partial charge is 0.282 e. The number of benzene rings is 2. The van der Waals surface area contributed by atoms with Gasteiger partial charge < -0.3 is 0 Å². The summed E-state index contributed by atoms with van der Waals surface area (Å²) < 4.78 is 33.5. The van der Waals surface area contributed by atoms with E-state index in [4.69, 9.17) is 0 Å². The average Bonchev–Trinajstić information content (AvgIpc) is 2.66. The second-order valence-corrected chi connectivity index (χ2v) is 9.30. The van der Waals surface area contributed by atoms with Crippen molar-refractivity contribution >= 4 is 20.9 Å². The molecule has 2 rings (SSSR count). The highest BCUT2D eigenvalue weighted by atomic mass is 32.2. The Morgan fingerprint density at radius 2 is 1.36 bits per heavy atom. The van der Waals surface area contributed by atoms with Gasteiger partial charge in [0, 0.05) is 5.39 Å². The van der Waals surface area contributed by atoms with Crippen molar-refractivity contribution < 1.29 is 13.0 Å². The standard InChI is InChI=1S/C24H36O3S/c1-3-5-7-9-11-14-20-18-21(15-12-10-8-6-4-2)22-16-13-17-24(23(22)19-20)28(25,26)27/h13,16-19H,3-12,14-15H2,1-2H3,(H,25,26,27). The Labute approximate surface area is 171 Å². The molecule has 0 bridgehead atoms. The molecular formula is C24H36O3S. The topological polar surface area (TPSA) is 54.4 Å². The van der Waals surface area contributed by atoms with E-state index in [-0.39, 0.29) is 4.90 Å². The van der Waals surface area contributed by atoms with Crippen LogP contribution in [0.5, 0.6) is 0 Å². The highest BCUT2D eigenvalue weighted by Gasteiger charge is 2.16. The lowest BCUT2D eigenvalue weighted by molar-refractivity contribution is 0.484. The molecule has 0 atom stereocenters. The number of unbranched alkanes of at least 4 members (excludes halogenated alkanes) is 8. The van der Waals surface area contributed by atoms with Crippen molar-refractivity contribution in [2.24, 2.45) is 0 Å². The number of fused-ring (bicyclic) bond motifs is 1. The van der Waals surface area contributed by atoms with Crippen LogP contribution in [0, 0.1) is 0 Å². The van der Waals surface area contributed by atoms with Crippen LogP contribution in [0.2, 0.25) is 0 Å². The molecule has 0 fully saturated rings. The first kappa shape index (κ1) is 22.9. The molecule has 0 aliphatic rings. The van der Waals surface area contributed by atoms with Gasteiger partial charge in [-0.05, 0) is 54.3 Å². The molecule has 0 heterocycles. The maximum atomic E-state index is 11.9. The van der Waals surface area contributed by atoms with Crippen molar-refractivity contribution in [1.82, 2.24) is 0 Å². The van der Waals surface area contributed by atoms with E-state index in [0.717, 1.165) is 31.1 Å². The van der Waals surface area contributed by atoms with Gasteiger partial charge in [-0.2, -0.15) is 8.42 Å². The SMILES string of the molecule is CCCCCCCc1cc(CCCCCCC)c2cccc(S(=O)(=O)O)c2c1. The summed E-state index contributed by atoms with van der Waals surface area (Å²) in [6.07, 6.45) is 14.1. The highest BCUT2D eigenvalue weighted by Crippen LogP contribution is 2.29. The molecule has 0 aromatic heterocycles. The molecule has 2 aromatic carbocycles. The van der Waals surface area contributed by atoms with Crippen LogP contribution in [0.25, 0.3) is 10.8 Å². The number of hydrogen-bond donors (Lipinski definition) is 1. The third-order valence-corrected chi connectivity index (χ3v) is 6.41. The van der Waals surface area contributed by atoms with E-state index in [1.54, 1.807) is 6.07 Å². The summed E-state index contributed by atoms with van der Waals surface area (Å²) in [6, 6.07) is 9.45. The summed E-state index contributed by atoms with van der Waals surface area (Å²) in [5.74, 6) is 0. The zero-order valence-corrected chi connectivity index (χ0v) is 18.4. The van der Waals surface area contributed by atoms with Gasteiger partial charge in [0.25, 0.3) is 10.1 Å². The van der Waals surface area contributed by atoms with Gasteiger partial charge >= 0.3 is 0 Å². The Bertz CT molecular complexity index is 840. The van der Waals surface area contributed by atoms with Gasteiger partial charge in [0.2, 0.25) is 0 Å². The lowest BCUT2D eigenvalue weighted by Gasteiger charge is -2.13. The van der Waals surface area contributed by atoms with E-state index in [2.05, 4.69) is 19.9 Å². The van der Waals surface area contributed by atoms with Crippen LogP contribution in [0.1, 0.15) is 89.2 Å². The Kier molecular flexibility index (Phi) is 9.46. The number of rotatable bonds is 13. The molecule has 3 nitrogen and oxygen atoms in total. The van der Waals surface area contributed by atoms with Crippen LogP contribution in [-0.4, -0.2) is 13.0 Å². The maximum absolute atomic E-state index is 11.9. The average molecular weight is 405 g/mol. The molecule has 0 saturated heterocycles. The fourth-order valence-corrected chi connectivity index (χ4v) is 4.63. The van der Waals surface area contributed by atoms with Gasteiger partial charge in [-0.3, -0.25) is 4.55 Å². The molecule has 0 radical (unpaired) electrons. The predicted molar refractivity (Wildman–Crippen MR) is 119 cm³/mol. The molecule has 0 unspecified atom stereocenters. The Hall–Kier alpha value is -1.39. The van der Waals surface area contributed by atoms with Crippen LogP contribution < -0.4 is 0 Å². The van der Waals surface area contributed by atoms with E-state index in [9.17, 15) is 13.0 Å². The van der Waals surface area contributed by atoms with Crippen molar-refractivity contribution in [3.05, 3.63) is 41.5 Å². The largest absolute Gasteiger partial charge is 0.295 e. The van der Waals surface area contributed by atoms with E-state index in [1.165, 1.54) is 68.6 Å². The van der Waals surface area contributed by atoms with Crippen molar-refractivity contribution in [1.29, 1.82) is 0 Å². The molecule has 28 heavy (non-hydrogen) atoms. The van der Waals surface area contributed by atoms with Gasteiger partial charge in [0.1, 0.15) is 4.90 Å². The highest BCUT2D eigenvalue weighted by molar-refractivity contribution is 7.86. The first-order valence-corrected chi connectivity index (χ1v) is 12.4. The van der Waals surface area contributed by atoms with Crippen LogP contribution in [-0.2, 0) is 23.0 Å². The minimum absolute atomic E-state index is 0.0325. The fourth-order valence-electron chi connectivity index (χ4n) is 3.93. The Balaban J connectivity index is 2.27. The quantitative estimate of drug-likeness (QED) is 0.286. The maximum Gasteiger partial charge on any atom is 0.295 e. The third-order valence-electron chi connectivity index (χ3n) is 5.50. The molecule has 0 spiro atoms. The first-order valence-electron chi connectivity index (χ1n) is 11.0. The molecule has 0 aliphatic carbocycles. The summed E-state index contributed by atoms with van der Waals surface area (Å²) >= 11 is 0. The lowest BCUT2D eigenvalue weighted by atomic mass is 9.94. The van der Waals surface area contributed by atoms with E-state index < -0.39 is 10.1 Å². The second kappa shape index (κ2) is 11.6. The van der Waals surface area contributed by atoms with Crippen molar-refractivity contribution in [2.75, 3.05) is 0 Å². The normalized spacial score (nSPS) is 12.0. The molecule has 0 aliphatic heterocycles. The second-order valence-electron chi connectivity index (χ2n) is 7.91. The lowest BCUT2D eigenvalue weighted by Crippen LogP contribution is -2.01. The monoisotopic (exact) mass is 404 g/mol. The molecule has 1 N–H and O–H groups in total. The Morgan fingerprint density at radius 3 is 1.96 bits per heavy atom. The Morgan fingerprint density at radius 1 is 0.750 bits per heavy atom. The molecule has 156 valence electrons. The minimum Gasteiger partial charge on any atom is -0.282 e. The number of hydrogen-bond acceptors (Lipinski definition) is 2. The van der Waals surface area contributed by atoms with Crippen molar-refractivity contribution in [3.8, 4) is 0 Å². The molecule has 0 saturated carbocycles. The zero-order valence-electron chi connectivity index (χ0n) is 17.5. The molecule has 4 heteroatoms. The van der Waals surface area contributed by atoms with E-state index in [1.807, 2.05) is 12.1 Å². The van der Waals surface area contributed by atoms with Gasteiger partial charge in [-0.1, -0.05) is 83.4 Å². The predicted octanol–water partition coefficient (Wildman–Crippen LogP) is 7.11. The zero-order chi connectivity index (χ0) is 20.4. The summed E-state index contributed by atoms with van der Waals surface area (Å²) in [5.41, 5.74) is 2.40. The summed E-state index contributed by atoms with van der Waals surface area (Å²) in [6.45, 7) is 4.43. The molecule has 2 aromatic rings. The number of aryl methyl sites for hydroxylation is 2. The van der Waals surface area contributed by atoms with Gasteiger partial charge in [0.05, 0.1) is 0 Å². The van der Waals surface area contributed by atoms with Crippen molar-refractivity contribution in [3.63, 3.8) is 0 Å². The summed E-state index contributed by atoms with van der Waals surface area (Å²) in [7, 11) is -4.23. The van der Waals surface area contributed by atoms with Crippen LogP contribution in [0.15, 0.2) is 35.2 Å². The van der Waals surface area contributed by atoms with Gasteiger partial charge in [-0.25, -0.2) is 0 Å². The van der Waals surface area contributed by atoms with Crippen molar-refractivity contribution in [2.45, 2.75) is 95.8 Å². The van der Waals surface area contributed by atoms with Gasteiger partial charge in [-0.15, -0.1) is 0 Å². The molecular weight excluding hydrogens is 368 g/mol. The minimum atomic E-state index is -4.23. The van der Waals surface area contributed by atoms with Crippen LogP contribution in [0.4, 0.5) is 0 Å². The van der Waals surface area contributed by atoms with E-state index >= 15 is 0 Å².